The van der Waals surface area contributed by atoms with E-state index < -0.39 is 0 Å². The van der Waals surface area contributed by atoms with Crippen molar-refractivity contribution in [2.24, 2.45) is 0 Å². The third-order valence-electron chi connectivity index (χ3n) is 11.4. The second kappa shape index (κ2) is 15.4. The van der Waals surface area contributed by atoms with Crippen molar-refractivity contribution < 1.29 is 24.1 Å². The van der Waals surface area contributed by atoms with Crippen LogP contribution in [0.3, 0.4) is 0 Å². The number of benzene rings is 6. The van der Waals surface area contributed by atoms with Crippen LogP contribution in [0.1, 0.15) is 64.7 Å². The predicted octanol–water partition coefficient (Wildman–Crippen LogP) is 13.7. The first kappa shape index (κ1) is 38.7. The number of aromatic nitrogens is 3. The van der Waals surface area contributed by atoms with Gasteiger partial charge in [0.1, 0.15) is 0 Å². The number of fused-ring (bicyclic) bond motifs is 2. The Morgan fingerprint density at radius 2 is 1.19 bits per heavy atom. The summed E-state index contributed by atoms with van der Waals surface area (Å²) in [5.41, 5.74) is 14.2. The molecule has 0 unspecified atom stereocenters. The number of anilines is 2. The Morgan fingerprint density at radius 1 is 0.576 bits per heavy atom. The molecule has 6 aromatic carbocycles. The number of pyridine rings is 1. The van der Waals surface area contributed by atoms with Crippen molar-refractivity contribution in [1.29, 1.82) is 0 Å². The average molecular weight is 954 g/mol. The van der Waals surface area contributed by atoms with E-state index >= 15 is 0 Å². The number of aryl methyl sites for hydroxylation is 1. The summed E-state index contributed by atoms with van der Waals surface area (Å²) in [7, 11) is 0. The summed E-state index contributed by atoms with van der Waals surface area (Å²) in [6.45, 7) is 14.6. The van der Waals surface area contributed by atoms with E-state index in [9.17, 15) is 0 Å². The number of nitrogens with zero attached hydrogens (tertiary/aromatic N) is 4. The molecule has 0 saturated heterocycles. The van der Waals surface area contributed by atoms with Crippen molar-refractivity contribution in [2.45, 2.75) is 65.2 Å². The molecule has 8 aromatic rings. The minimum atomic E-state index is -0.0530. The molecule has 0 saturated carbocycles. The van der Waals surface area contributed by atoms with Gasteiger partial charge in [0.25, 0.3) is 0 Å². The van der Waals surface area contributed by atoms with Crippen molar-refractivity contribution >= 4 is 22.5 Å². The van der Waals surface area contributed by atoms with E-state index in [4.69, 9.17) is 9.72 Å². The van der Waals surface area contributed by atoms with E-state index in [0.29, 0.717) is 0 Å². The molecule has 2 aromatic heterocycles. The van der Waals surface area contributed by atoms with Gasteiger partial charge >= 0.3 is 317 Å². The molecular formula is C53H50N4OPt. The van der Waals surface area contributed by atoms with E-state index in [1.54, 1.807) is 0 Å². The number of rotatable bonds is 7. The quantitative estimate of drug-likeness (QED) is 0.160. The van der Waals surface area contributed by atoms with Gasteiger partial charge < -0.3 is 0 Å². The Kier molecular flexibility index (Phi) is 10.1. The van der Waals surface area contributed by atoms with E-state index in [1.807, 2.05) is 12.3 Å². The molecule has 59 heavy (non-hydrogen) atoms. The van der Waals surface area contributed by atoms with E-state index in [1.165, 1.54) is 38.9 Å². The molecule has 5 nitrogen and oxygen atoms in total. The molecule has 1 aliphatic rings. The zero-order chi connectivity index (χ0) is 40.9. The Balaban J connectivity index is 1.17. The molecular weight excluding hydrogens is 904 g/mol. The van der Waals surface area contributed by atoms with Gasteiger partial charge in [0.15, 0.2) is 0 Å². The fraction of sp³-hybridized carbons (Fsp3) is 0.208. The maximum absolute atomic E-state index is 6.74. The second-order valence-corrected chi connectivity index (χ2v) is 18.6. The number of imidazole rings is 1. The Hall–Kier alpha value is -5.77. The first-order valence-corrected chi connectivity index (χ1v) is 21.7. The second-order valence-electron chi connectivity index (χ2n) is 17.6. The van der Waals surface area contributed by atoms with Gasteiger partial charge in [-0.15, -0.1) is 0 Å². The topological polar surface area (TPSA) is 35.2 Å². The van der Waals surface area contributed by atoms with Gasteiger partial charge in [0.05, 0.1) is 0 Å². The van der Waals surface area contributed by atoms with Crippen molar-refractivity contribution in [2.75, 3.05) is 11.4 Å². The van der Waals surface area contributed by atoms with Crippen molar-refractivity contribution in [3.63, 3.8) is 0 Å². The minimum absolute atomic E-state index is 0.0414. The predicted molar refractivity (Wildman–Crippen MR) is 240 cm³/mol. The molecule has 298 valence electrons. The summed E-state index contributed by atoms with van der Waals surface area (Å²) in [6.07, 6.45) is 4.06. The fourth-order valence-electron chi connectivity index (χ4n) is 8.26. The normalized spacial score (nSPS) is 13.1. The van der Waals surface area contributed by atoms with Crippen LogP contribution in [0.15, 0.2) is 158 Å². The van der Waals surface area contributed by atoms with Gasteiger partial charge in [-0.1, -0.05) is 20.8 Å². The zero-order valence-corrected chi connectivity index (χ0v) is 36.9. The third-order valence-corrected chi connectivity index (χ3v) is 12.5. The van der Waals surface area contributed by atoms with Crippen molar-refractivity contribution in [1.82, 2.24) is 14.1 Å². The average Bonchev–Trinajstić information content (AvgIpc) is 3.54. The van der Waals surface area contributed by atoms with Gasteiger partial charge in [-0.25, -0.2) is 0 Å². The summed E-state index contributed by atoms with van der Waals surface area (Å²) in [4.78, 5) is 7.18. The van der Waals surface area contributed by atoms with Gasteiger partial charge in [0.2, 0.25) is 0 Å². The SMILES string of the molecule is CC(C)(C)c1ccnc(N2CCCc3ccc(Oc4cccc(-n5[c](=[Pt])n(-c6c(-c7ccccc7)cc(C(C)(C)C)cc6-c6ccccc6)c6ccccc65)c4)cc32)c1. The summed E-state index contributed by atoms with van der Waals surface area (Å²) < 4.78 is 12.6. The maximum atomic E-state index is 6.74. The van der Waals surface area contributed by atoms with Crippen LogP contribution in [0.25, 0.3) is 44.7 Å². The molecule has 0 spiro atoms. The summed E-state index contributed by atoms with van der Waals surface area (Å²) in [6, 6.07) is 54.5. The van der Waals surface area contributed by atoms with Crippen LogP contribution in [0, 0.1) is 3.80 Å². The zero-order valence-electron chi connectivity index (χ0n) is 34.6. The van der Waals surface area contributed by atoms with Crippen LogP contribution in [0.5, 0.6) is 11.5 Å². The molecule has 3 heterocycles. The molecule has 0 N–H and O–H groups in total. The molecule has 0 aliphatic carbocycles. The molecule has 6 heteroatoms. The molecule has 9 rings (SSSR count). The monoisotopic (exact) mass is 953 g/mol. The van der Waals surface area contributed by atoms with Crippen LogP contribution in [-0.2, 0) is 36.6 Å². The molecule has 0 atom stereocenters. The number of hydrogen-bond acceptors (Lipinski definition) is 3. The molecule has 1 aliphatic heterocycles. The fourth-order valence-corrected chi connectivity index (χ4v) is 9.36. The molecule has 0 bridgehead atoms. The van der Waals surface area contributed by atoms with E-state index in [-0.39, 0.29) is 10.8 Å². The van der Waals surface area contributed by atoms with Gasteiger partial charge in [0, 0.05) is 6.20 Å². The van der Waals surface area contributed by atoms with Crippen molar-refractivity contribution in [3.05, 3.63) is 178 Å². The molecule has 0 radical (unpaired) electrons. The first-order valence-electron chi connectivity index (χ1n) is 20.6. The third kappa shape index (κ3) is 7.54. The number of para-hydroxylation sites is 2. The van der Waals surface area contributed by atoms with Crippen LogP contribution < -0.4 is 9.64 Å². The van der Waals surface area contributed by atoms with Crippen molar-refractivity contribution in [3.8, 4) is 45.1 Å². The van der Waals surface area contributed by atoms with Crippen LogP contribution >= 0.6 is 0 Å². The van der Waals surface area contributed by atoms with Gasteiger partial charge in [-0.3, -0.25) is 0 Å². The molecule has 0 fully saturated rings. The Bertz CT molecular complexity index is 2820. The molecule has 0 amide bonds. The number of hydrogen-bond donors (Lipinski definition) is 0. The van der Waals surface area contributed by atoms with Crippen LogP contribution in [0.4, 0.5) is 11.5 Å². The van der Waals surface area contributed by atoms with Crippen LogP contribution in [-0.4, -0.2) is 20.7 Å². The Morgan fingerprint density at radius 3 is 1.83 bits per heavy atom. The number of ether oxygens (including phenoxy) is 1. The first-order chi connectivity index (χ1) is 28.4. The van der Waals surface area contributed by atoms with E-state index in [2.05, 4.69) is 221 Å². The summed E-state index contributed by atoms with van der Waals surface area (Å²) >= 11 is 2.52. The van der Waals surface area contributed by atoms with E-state index in [0.717, 1.165) is 68.6 Å². The summed E-state index contributed by atoms with van der Waals surface area (Å²) in [5.74, 6) is 2.57. The van der Waals surface area contributed by atoms with Gasteiger partial charge in [-0.2, -0.15) is 0 Å². The summed E-state index contributed by atoms with van der Waals surface area (Å²) in [5, 5.41) is 0. The Labute approximate surface area is 359 Å². The van der Waals surface area contributed by atoms with Crippen LogP contribution in [0.2, 0.25) is 0 Å². The standard InChI is InChI=1S/C53H50N4O.Pt/c1-52(2,3)40-28-29-54-50(33-40)55-30-16-21-39-26-27-44(35-49(39)55)58-43-23-15-22-42(34-43)56-36-57(48-25-14-13-24-47(48)56)51-45(37-17-9-7-10-18-37)31-41(53(4,5)6)32-46(51)38-19-11-8-12-20-38;/h7-15,17-20,22-29,31-35H,16,21,30H2,1-6H3;. The van der Waals surface area contributed by atoms with Gasteiger partial charge in [-0.05, 0) is 17.0 Å².